The Hall–Kier alpha value is -0.320. The standard InChI is InChI=1S/C8H9IN2/c9-7-3-6(5-1-2-5)4-11-8(7)10/h3-5H,1-2H2,(H2,10,11). The topological polar surface area (TPSA) is 38.9 Å². The van der Waals surface area contributed by atoms with E-state index in [1.807, 2.05) is 6.20 Å². The normalized spacial score (nSPS) is 16.8. The summed E-state index contributed by atoms with van der Waals surface area (Å²) in [5.74, 6) is 1.42. The van der Waals surface area contributed by atoms with Crippen molar-refractivity contribution in [3.05, 3.63) is 21.4 Å². The minimum Gasteiger partial charge on any atom is -0.383 e. The van der Waals surface area contributed by atoms with Gasteiger partial charge in [0.1, 0.15) is 5.82 Å². The summed E-state index contributed by atoms with van der Waals surface area (Å²) in [7, 11) is 0. The summed E-state index contributed by atoms with van der Waals surface area (Å²) >= 11 is 2.22. The molecule has 1 aromatic heterocycles. The van der Waals surface area contributed by atoms with E-state index in [-0.39, 0.29) is 0 Å². The van der Waals surface area contributed by atoms with Gasteiger partial charge in [-0.25, -0.2) is 4.98 Å². The van der Waals surface area contributed by atoms with Crippen LogP contribution in [0.2, 0.25) is 0 Å². The minimum absolute atomic E-state index is 0.648. The van der Waals surface area contributed by atoms with E-state index in [0.717, 1.165) is 9.49 Å². The van der Waals surface area contributed by atoms with Crippen molar-refractivity contribution in [3.63, 3.8) is 0 Å². The Morgan fingerprint density at radius 1 is 1.55 bits per heavy atom. The molecular weight excluding hydrogens is 251 g/mol. The fourth-order valence-corrected chi connectivity index (χ4v) is 1.60. The fourth-order valence-electron chi connectivity index (χ4n) is 1.10. The zero-order valence-electron chi connectivity index (χ0n) is 6.05. The lowest BCUT2D eigenvalue weighted by atomic mass is 10.2. The molecule has 2 nitrogen and oxygen atoms in total. The van der Waals surface area contributed by atoms with E-state index in [2.05, 4.69) is 33.6 Å². The Bertz CT molecular complexity index is 281. The number of nitrogens with zero attached hydrogens (tertiary/aromatic N) is 1. The molecule has 1 fully saturated rings. The van der Waals surface area contributed by atoms with Crippen molar-refractivity contribution in [2.24, 2.45) is 0 Å². The van der Waals surface area contributed by atoms with E-state index in [9.17, 15) is 0 Å². The van der Waals surface area contributed by atoms with Crippen LogP contribution in [0.15, 0.2) is 12.3 Å². The number of hydrogen-bond donors (Lipinski definition) is 1. The Morgan fingerprint density at radius 3 is 2.82 bits per heavy atom. The maximum absolute atomic E-state index is 5.59. The molecule has 0 saturated heterocycles. The summed E-state index contributed by atoms with van der Waals surface area (Å²) in [5.41, 5.74) is 6.94. The molecule has 0 radical (unpaired) electrons. The highest BCUT2D eigenvalue weighted by atomic mass is 127. The zero-order valence-corrected chi connectivity index (χ0v) is 8.21. The number of rotatable bonds is 1. The molecule has 0 aliphatic heterocycles. The Kier molecular flexibility index (Phi) is 1.75. The molecular formula is C8H9IN2. The van der Waals surface area contributed by atoms with Gasteiger partial charge in [-0.3, -0.25) is 0 Å². The molecule has 2 rings (SSSR count). The molecule has 1 heterocycles. The number of nitrogens with two attached hydrogens (primary N) is 1. The summed E-state index contributed by atoms with van der Waals surface area (Å²) in [6, 6.07) is 2.14. The fraction of sp³-hybridized carbons (Fsp3) is 0.375. The van der Waals surface area contributed by atoms with Gasteiger partial charge in [-0.15, -0.1) is 0 Å². The van der Waals surface area contributed by atoms with E-state index in [1.165, 1.54) is 18.4 Å². The largest absolute Gasteiger partial charge is 0.383 e. The molecule has 0 amide bonds. The maximum atomic E-state index is 5.59. The Morgan fingerprint density at radius 2 is 2.27 bits per heavy atom. The third-order valence-corrected chi connectivity index (χ3v) is 2.80. The van der Waals surface area contributed by atoms with Gasteiger partial charge in [0.15, 0.2) is 0 Å². The van der Waals surface area contributed by atoms with Gasteiger partial charge in [-0.2, -0.15) is 0 Å². The minimum atomic E-state index is 0.648. The lowest BCUT2D eigenvalue weighted by molar-refractivity contribution is 1.09. The van der Waals surface area contributed by atoms with Crippen LogP contribution in [0, 0.1) is 3.57 Å². The second-order valence-electron chi connectivity index (χ2n) is 2.91. The highest BCUT2D eigenvalue weighted by Gasteiger charge is 2.23. The van der Waals surface area contributed by atoms with E-state index in [0.29, 0.717) is 5.82 Å². The van der Waals surface area contributed by atoms with Gasteiger partial charge in [0, 0.05) is 6.20 Å². The number of pyridine rings is 1. The van der Waals surface area contributed by atoms with Crippen LogP contribution in [0.3, 0.4) is 0 Å². The number of hydrogen-bond acceptors (Lipinski definition) is 2. The van der Waals surface area contributed by atoms with E-state index < -0.39 is 0 Å². The average molecular weight is 260 g/mol. The van der Waals surface area contributed by atoms with Gasteiger partial charge >= 0.3 is 0 Å². The molecule has 1 aromatic rings. The van der Waals surface area contributed by atoms with Crippen molar-refractivity contribution in [1.82, 2.24) is 4.98 Å². The van der Waals surface area contributed by atoms with Crippen molar-refractivity contribution in [3.8, 4) is 0 Å². The Labute approximate surface area is 79.3 Å². The van der Waals surface area contributed by atoms with E-state index >= 15 is 0 Å². The number of aromatic nitrogens is 1. The van der Waals surface area contributed by atoms with Crippen LogP contribution in [-0.4, -0.2) is 4.98 Å². The maximum Gasteiger partial charge on any atom is 0.136 e. The van der Waals surface area contributed by atoms with Crippen LogP contribution in [-0.2, 0) is 0 Å². The first kappa shape index (κ1) is 7.34. The molecule has 3 heteroatoms. The van der Waals surface area contributed by atoms with Gasteiger partial charge < -0.3 is 5.73 Å². The predicted octanol–water partition coefficient (Wildman–Crippen LogP) is 2.15. The first-order valence-corrected chi connectivity index (χ1v) is 4.76. The molecule has 2 N–H and O–H groups in total. The molecule has 58 valence electrons. The predicted molar refractivity (Wildman–Crippen MR) is 53.3 cm³/mol. The van der Waals surface area contributed by atoms with Crippen molar-refractivity contribution in [2.45, 2.75) is 18.8 Å². The first-order valence-electron chi connectivity index (χ1n) is 3.68. The lowest BCUT2D eigenvalue weighted by Crippen LogP contribution is -1.94. The smallest absolute Gasteiger partial charge is 0.136 e. The van der Waals surface area contributed by atoms with Crippen molar-refractivity contribution >= 4 is 28.4 Å². The molecule has 0 aromatic carbocycles. The summed E-state index contributed by atoms with van der Waals surface area (Å²) < 4.78 is 1.08. The second kappa shape index (κ2) is 2.62. The summed E-state index contributed by atoms with van der Waals surface area (Å²) in [6.45, 7) is 0. The molecule has 0 unspecified atom stereocenters. The Balaban J connectivity index is 2.36. The van der Waals surface area contributed by atoms with Gasteiger partial charge in [0.05, 0.1) is 3.57 Å². The van der Waals surface area contributed by atoms with E-state index in [4.69, 9.17) is 5.73 Å². The molecule has 1 aliphatic carbocycles. The summed E-state index contributed by atoms with van der Waals surface area (Å²) in [4.78, 5) is 4.11. The third-order valence-electron chi connectivity index (χ3n) is 1.94. The number of halogens is 1. The zero-order chi connectivity index (χ0) is 7.84. The first-order chi connectivity index (χ1) is 5.27. The molecule has 1 aliphatic rings. The quantitative estimate of drug-likeness (QED) is 0.786. The van der Waals surface area contributed by atoms with Crippen LogP contribution in [0.25, 0.3) is 0 Å². The van der Waals surface area contributed by atoms with E-state index in [1.54, 1.807) is 0 Å². The highest BCUT2D eigenvalue weighted by Crippen LogP contribution is 2.40. The summed E-state index contributed by atoms with van der Waals surface area (Å²) in [6.07, 6.45) is 4.54. The van der Waals surface area contributed by atoms with Crippen molar-refractivity contribution < 1.29 is 0 Å². The molecule has 11 heavy (non-hydrogen) atoms. The van der Waals surface area contributed by atoms with Gasteiger partial charge in [-0.05, 0) is 53.0 Å². The van der Waals surface area contributed by atoms with Crippen LogP contribution < -0.4 is 5.73 Å². The highest BCUT2D eigenvalue weighted by molar-refractivity contribution is 14.1. The van der Waals surface area contributed by atoms with Gasteiger partial charge in [0.25, 0.3) is 0 Å². The van der Waals surface area contributed by atoms with Crippen LogP contribution in [0.5, 0.6) is 0 Å². The van der Waals surface area contributed by atoms with Gasteiger partial charge in [-0.1, -0.05) is 0 Å². The monoisotopic (exact) mass is 260 g/mol. The van der Waals surface area contributed by atoms with Crippen molar-refractivity contribution in [1.29, 1.82) is 0 Å². The lowest BCUT2D eigenvalue weighted by Gasteiger charge is -1.99. The molecule has 0 bridgehead atoms. The third kappa shape index (κ3) is 1.47. The second-order valence-corrected chi connectivity index (χ2v) is 4.07. The van der Waals surface area contributed by atoms with Crippen molar-refractivity contribution in [2.75, 3.05) is 5.73 Å². The van der Waals surface area contributed by atoms with Gasteiger partial charge in [0.2, 0.25) is 0 Å². The average Bonchev–Trinajstić information content (AvgIpc) is 2.77. The number of nitrogen functional groups attached to an aromatic ring is 1. The summed E-state index contributed by atoms with van der Waals surface area (Å²) in [5, 5.41) is 0. The van der Waals surface area contributed by atoms with Crippen LogP contribution >= 0.6 is 22.6 Å². The molecule has 1 saturated carbocycles. The molecule has 0 atom stereocenters. The molecule has 0 spiro atoms. The number of anilines is 1. The van der Waals surface area contributed by atoms with Crippen LogP contribution in [0.4, 0.5) is 5.82 Å². The van der Waals surface area contributed by atoms with Crippen LogP contribution in [0.1, 0.15) is 24.3 Å². The SMILES string of the molecule is Nc1ncc(C2CC2)cc1I.